The molecule has 184 valence electrons. The van der Waals surface area contributed by atoms with Crippen LogP contribution in [0.15, 0.2) is 78.9 Å². The summed E-state index contributed by atoms with van der Waals surface area (Å²) in [7, 11) is 0. The first kappa shape index (κ1) is 23.6. The van der Waals surface area contributed by atoms with E-state index in [4.69, 9.17) is 14.5 Å². The van der Waals surface area contributed by atoms with Crippen molar-refractivity contribution in [1.82, 2.24) is 9.55 Å². The fourth-order valence-electron chi connectivity index (χ4n) is 4.76. The number of nitrogens with zero attached hydrogens (tertiary/aromatic N) is 3. The van der Waals surface area contributed by atoms with Gasteiger partial charge in [-0.1, -0.05) is 55.8 Å². The first-order valence-corrected chi connectivity index (χ1v) is 12.4. The standard InChI is InChI=1S/C29H29N3O4/c1-3-5-18-31-27(33)25(28(34)35-4-2)26(32-24-17-10-9-16-23(24)30-29(31)32)20-12-11-15-22(19-20)36-21-13-7-6-8-14-21/h6-17,19,25-26H,3-5,18H2,1-2H3/t25-,26+/m0/s1. The summed E-state index contributed by atoms with van der Waals surface area (Å²) in [6.45, 7) is 4.50. The molecule has 0 N–H and O–H groups in total. The molecule has 1 aliphatic heterocycles. The largest absolute Gasteiger partial charge is 0.465 e. The summed E-state index contributed by atoms with van der Waals surface area (Å²) < 4.78 is 13.5. The topological polar surface area (TPSA) is 73.7 Å². The molecule has 1 amide bonds. The van der Waals surface area contributed by atoms with Crippen molar-refractivity contribution in [3.63, 3.8) is 0 Å². The average Bonchev–Trinajstić information content (AvgIpc) is 3.27. The SMILES string of the molecule is CCCCN1C(=O)[C@@H](C(=O)OCC)[C@@H](c2cccc(Oc3ccccc3)c2)n2c1nc1ccccc12. The minimum atomic E-state index is -1.04. The van der Waals surface area contributed by atoms with Crippen LogP contribution in [-0.2, 0) is 14.3 Å². The third-order valence-corrected chi connectivity index (χ3v) is 6.40. The number of rotatable bonds is 8. The number of hydrogen-bond donors (Lipinski definition) is 0. The van der Waals surface area contributed by atoms with E-state index in [9.17, 15) is 9.59 Å². The van der Waals surface area contributed by atoms with Crippen molar-refractivity contribution in [1.29, 1.82) is 0 Å². The summed E-state index contributed by atoms with van der Waals surface area (Å²) in [5.41, 5.74) is 2.40. The summed E-state index contributed by atoms with van der Waals surface area (Å²) in [5, 5.41) is 0. The number of aromatic nitrogens is 2. The predicted octanol–water partition coefficient (Wildman–Crippen LogP) is 5.74. The smallest absolute Gasteiger partial charge is 0.321 e. The number of fused-ring (bicyclic) bond motifs is 3. The van der Waals surface area contributed by atoms with Crippen LogP contribution < -0.4 is 9.64 Å². The second-order valence-corrected chi connectivity index (χ2v) is 8.78. The minimum absolute atomic E-state index is 0.193. The maximum atomic E-state index is 13.9. The number of esters is 1. The first-order chi connectivity index (χ1) is 17.6. The molecule has 7 heteroatoms. The van der Waals surface area contributed by atoms with Gasteiger partial charge in [-0.05, 0) is 55.3 Å². The molecular weight excluding hydrogens is 454 g/mol. The molecule has 36 heavy (non-hydrogen) atoms. The lowest BCUT2D eigenvalue weighted by Gasteiger charge is -2.38. The summed E-state index contributed by atoms with van der Waals surface area (Å²) in [4.78, 5) is 33.7. The van der Waals surface area contributed by atoms with E-state index >= 15 is 0 Å². The molecular formula is C29H29N3O4. The van der Waals surface area contributed by atoms with Gasteiger partial charge in [0, 0.05) is 6.54 Å². The van der Waals surface area contributed by atoms with E-state index in [-0.39, 0.29) is 12.5 Å². The van der Waals surface area contributed by atoms with Gasteiger partial charge in [0.2, 0.25) is 11.9 Å². The number of imidazole rings is 1. The zero-order chi connectivity index (χ0) is 25.1. The Morgan fingerprint density at radius 3 is 2.47 bits per heavy atom. The van der Waals surface area contributed by atoms with Crippen molar-refractivity contribution in [2.75, 3.05) is 18.1 Å². The quantitative estimate of drug-likeness (QED) is 0.236. The number of carbonyl (C=O) groups excluding carboxylic acids is 2. The van der Waals surface area contributed by atoms with E-state index in [1.54, 1.807) is 11.8 Å². The highest BCUT2D eigenvalue weighted by Gasteiger charge is 2.47. The fraction of sp³-hybridized carbons (Fsp3) is 0.276. The lowest BCUT2D eigenvalue weighted by atomic mass is 9.89. The second-order valence-electron chi connectivity index (χ2n) is 8.78. The van der Waals surface area contributed by atoms with Crippen LogP contribution >= 0.6 is 0 Å². The van der Waals surface area contributed by atoms with Crippen LogP contribution in [0.25, 0.3) is 11.0 Å². The highest BCUT2D eigenvalue weighted by Crippen LogP contribution is 2.42. The highest BCUT2D eigenvalue weighted by atomic mass is 16.5. The lowest BCUT2D eigenvalue weighted by molar-refractivity contribution is -0.153. The van der Waals surface area contributed by atoms with E-state index in [1.165, 1.54) is 0 Å². The monoisotopic (exact) mass is 483 g/mol. The van der Waals surface area contributed by atoms with Crippen LogP contribution in [0.4, 0.5) is 5.95 Å². The van der Waals surface area contributed by atoms with Gasteiger partial charge in [0.1, 0.15) is 11.5 Å². The van der Waals surface area contributed by atoms with Gasteiger partial charge in [0.05, 0.1) is 23.7 Å². The predicted molar refractivity (Wildman–Crippen MR) is 138 cm³/mol. The Morgan fingerprint density at radius 2 is 1.69 bits per heavy atom. The van der Waals surface area contributed by atoms with Gasteiger partial charge >= 0.3 is 5.97 Å². The summed E-state index contributed by atoms with van der Waals surface area (Å²) in [6.07, 6.45) is 1.71. The molecule has 2 heterocycles. The van der Waals surface area contributed by atoms with E-state index in [0.29, 0.717) is 24.0 Å². The minimum Gasteiger partial charge on any atom is -0.465 e. The van der Waals surface area contributed by atoms with Crippen molar-refractivity contribution in [2.24, 2.45) is 5.92 Å². The first-order valence-electron chi connectivity index (χ1n) is 12.4. The van der Waals surface area contributed by atoms with Gasteiger partial charge in [-0.3, -0.25) is 14.5 Å². The molecule has 0 bridgehead atoms. The van der Waals surface area contributed by atoms with Gasteiger partial charge in [0.15, 0.2) is 5.92 Å². The Kier molecular flexibility index (Phi) is 6.71. The third kappa shape index (κ3) is 4.33. The molecule has 3 aromatic carbocycles. The normalized spacial score (nSPS) is 17.2. The van der Waals surface area contributed by atoms with Crippen LogP contribution in [0.5, 0.6) is 11.5 Å². The number of ether oxygens (including phenoxy) is 2. The Bertz CT molecular complexity index is 1380. The van der Waals surface area contributed by atoms with Gasteiger partial charge in [-0.15, -0.1) is 0 Å². The second kappa shape index (κ2) is 10.2. The Hall–Kier alpha value is -4.13. The molecule has 2 atom stereocenters. The zero-order valence-electron chi connectivity index (χ0n) is 20.5. The molecule has 4 aromatic rings. The molecule has 0 spiro atoms. The van der Waals surface area contributed by atoms with E-state index in [2.05, 4.69) is 6.92 Å². The Morgan fingerprint density at radius 1 is 0.944 bits per heavy atom. The molecule has 0 radical (unpaired) electrons. The van der Waals surface area contributed by atoms with Crippen molar-refractivity contribution in [2.45, 2.75) is 32.7 Å². The molecule has 1 aliphatic rings. The van der Waals surface area contributed by atoms with Crippen molar-refractivity contribution >= 4 is 28.9 Å². The number of benzene rings is 3. The fourth-order valence-corrected chi connectivity index (χ4v) is 4.76. The van der Waals surface area contributed by atoms with E-state index in [0.717, 1.165) is 29.4 Å². The number of unbranched alkanes of at least 4 members (excludes halogenated alkanes) is 1. The Balaban J connectivity index is 1.68. The molecule has 0 fully saturated rings. The molecule has 0 aliphatic carbocycles. The van der Waals surface area contributed by atoms with Gasteiger partial charge in [0.25, 0.3) is 0 Å². The zero-order valence-corrected chi connectivity index (χ0v) is 20.5. The molecule has 0 saturated heterocycles. The van der Waals surface area contributed by atoms with Crippen LogP contribution in [-0.4, -0.2) is 34.6 Å². The van der Waals surface area contributed by atoms with E-state index < -0.39 is 17.9 Å². The average molecular weight is 484 g/mol. The van der Waals surface area contributed by atoms with Crippen LogP contribution in [0, 0.1) is 5.92 Å². The lowest BCUT2D eigenvalue weighted by Crippen LogP contribution is -2.50. The maximum absolute atomic E-state index is 13.9. The van der Waals surface area contributed by atoms with Crippen molar-refractivity contribution < 1.29 is 19.1 Å². The summed E-state index contributed by atoms with van der Waals surface area (Å²) in [5.74, 6) is 0.00771. The van der Waals surface area contributed by atoms with Crippen LogP contribution in [0.3, 0.4) is 0 Å². The number of carbonyl (C=O) groups is 2. The Labute approximate surface area is 210 Å². The third-order valence-electron chi connectivity index (χ3n) is 6.40. The highest BCUT2D eigenvalue weighted by molar-refractivity contribution is 6.08. The van der Waals surface area contributed by atoms with Crippen LogP contribution in [0.1, 0.15) is 38.3 Å². The van der Waals surface area contributed by atoms with Gasteiger partial charge < -0.3 is 14.0 Å². The molecule has 0 saturated carbocycles. The number of para-hydroxylation sites is 3. The molecule has 5 rings (SSSR count). The summed E-state index contributed by atoms with van der Waals surface area (Å²) in [6, 6.07) is 24.2. The van der Waals surface area contributed by atoms with Gasteiger partial charge in [-0.25, -0.2) is 4.98 Å². The van der Waals surface area contributed by atoms with Gasteiger partial charge in [-0.2, -0.15) is 0 Å². The summed E-state index contributed by atoms with van der Waals surface area (Å²) >= 11 is 0. The number of anilines is 1. The molecule has 7 nitrogen and oxygen atoms in total. The van der Waals surface area contributed by atoms with Crippen molar-refractivity contribution in [3.8, 4) is 11.5 Å². The number of hydrogen-bond acceptors (Lipinski definition) is 5. The number of amides is 1. The van der Waals surface area contributed by atoms with Crippen LogP contribution in [0.2, 0.25) is 0 Å². The maximum Gasteiger partial charge on any atom is 0.321 e. The van der Waals surface area contributed by atoms with Crippen molar-refractivity contribution in [3.05, 3.63) is 84.4 Å². The molecule has 1 aromatic heterocycles. The molecule has 0 unspecified atom stereocenters. The van der Waals surface area contributed by atoms with E-state index in [1.807, 2.05) is 83.4 Å².